The van der Waals surface area contributed by atoms with Crippen molar-refractivity contribution in [2.45, 2.75) is 39.2 Å². The second kappa shape index (κ2) is 9.52. The predicted octanol–water partition coefficient (Wildman–Crippen LogP) is 5.96. The molecular formula is C26H31ClN2O2S. The number of carbonyl (C=O) groups excluding carboxylic acids is 1. The number of morpholine rings is 1. The van der Waals surface area contributed by atoms with Gasteiger partial charge in [-0.2, -0.15) is 0 Å². The number of halogens is 1. The number of carbonyl (C=O) groups is 1. The normalized spacial score (nSPS) is 16.3. The topological polar surface area (TPSA) is 41.6 Å². The molecule has 4 nitrogen and oxygen atoms in total. The van der Waals surface area contributed by atoms with Gasteiger partial charge < -0.3 is 10.1 Å². The smallest absolute Gasteiger partial charge is 0.262 e. The molecule has 2 aromatic carbocycles. The number of nitrogens with one attached hydrogen (secondary N) is 1. The molecule has 1 aliphatic rings. The van der Waals surface area contributed by atoms with Crippen LogP contribution in [0.4, 0.5) is 0 Å². The number of thiophene rings is 1. The maximum absolute atomic E-state index is 13.1. The van der Waals surface area contributed by atoms with E-state index >= 15 is 0 Å². The third-order valence-corrected chi connectivity index (χ3v) is 7.75. The third kappa shape index (κ3) is 5.01. The predicted molar refractivity (Wildman–Crippen MR) is 134 cm³/mol. The monoisotopic (exact) mass is 470 g/mol. The molecule has 2 heterocycles. The van der Waals surface area contributed by atoms with Crippen LogP contribution >= 0.6 is 22.9 Å². The number of aryl methyl sites for hydroxylation is 1. The molecule has 1 aliphatic heterocycles. The molecule has 0 spiro atoms. The molecule has 3 aromatic rings. The van der Waals surface area contributed by atoms with Crippen LogP contribution in [0, 0.1) is 6.92 Å². The standard InChI is InChI=1S/C26H31ClN2O2S/c1-17-5-10-20-22(15-17)32-24(23(20)27)25(30)28-16-21(29-11-13-31-14-12-29)18-6-8-19(9-7-18)26(2,3)4/h5-10,15,21H,11-14,16H2,1-4H3,(H,28,30)/t21-/m1/s1. The molecule has 1 fully saturated rings. The van der Waals surface area contributed by atoms with E-state index in [0.29, 0.717) is 29.7 Å². The fraction of sp³-hybridized carbons (Fsp3) is 0.423. The van der Waals surface area contributed by atoms with Crippen LogP contribution in [0.15, 0.2) is 42.5 Å². The Morgan fingerprint density at radius 3 is 2.50 bits per heavy atom. The Morgan fingerprint density at radius 1 is 1.16 bits per heavy atom. The lowest BCUT2D eigenvalue weighted by molar-refractivity contribution is 0.0162. The fourth-order valence-corrected chi connectivity index (χ4v) is 5.67. The van der Waals surface area contributed by atoms with E-state index in [-0.39, 0.29) is 17.4 Å². The molecule has 0 aliphatic carbocycles. The summed E-state index contributed by atoms with van der Waals surface area (Å²) in [7, 11) is 0. The SMILES string of the molecule is Cc1ccc2c(Cl)c(C(=O)NC[C@H](c3ccc(C(C)(C)C)cc3)N3CCOCC3)sc2c1. The van der Waals surface area contributed by atoms with Gasteiger partial charge in [-0.15, -0.1) is 11.3 Å². The van der Waals surface area contributed by atoms with Gasteiger partial charge >= 0.3 is 0 Å². The highest BCUT2D eigenvalue weighted by Crippen LogP contribution is 2.36. The van der Waals surface area contributed by atoms with Gasteiger partial charge in [0, 0.05) is 29.7 Å². The average Bonchev–Trinajstić information content (AvgIpc) is 3.10. The van der Waals surface area contributed by atoms with Crippen LogP contribution in [-0.4, -0.2) is 43.7 Å². The summed E-state index contributed by atoms with van der Waals surface area (Å²) in [6.45, 7) is 12.4. The fourth-order valence-electron chi connectivity index (χ4n) is 4.14. The van der Waals surface area contributed by atoms with Crippen LogP contribution in [0.25, 0.3) is 10.1 Å². The van der Waals surface area contributed by atoms with Crippen LogP contribution in [0.1, 0.15) is 53.2 Å². The number of fused-ring (bicyclic) bond motifs is 1. The summed E-state index contributed by atoms with van der Waals surface area (Å²) in [6.07, 6.45) is 0. The summed E-state index contributed by atoms with van der Waals surface area (Å²) in [6, 6.07) is 15.0. The van der Waals surface area contributed by atoms with Crippen molar-refractivity contribution in [1.29, 1.82) is 0 Å². The van der Waals surface area contributed by atoms with Crippen molar-refractivity contribution >= 4 is 38.9 Å². The van der Waals surface area contributed by atoms with Crippen LogP contribution in [0.3, 0.4) is 0 Å². The minimum Gasteiger partial charge on any atom is -0.379 e. The maximum atomic E-state index is 13.1. The largest absolute Gasteiger partial charge is 0.379 e. The van der Waals surface area contributed by atoms with Crippen molar-refractivity contribution in [2.24, 2.45) is 0 Å². The molecule has 0 saturated carbocycles. The molecule has 6 heteroatoms. The second-order valence-electron chi connectivity index (χ2n) is 9.49. The molecular weight excluding hydrogens is 440 g/mol. The summed E-state index contributed by atoms with van der Waals surface area (Å²) in [4.78, 5) is 16.1. The Balaban J connectivity index is 1.55. The molecule has 1 N–H and O–H groups in total. The highest BCUT2D eigenvalue weighted by atomic mass is 35.5. The lowest BCUT2D eigenvalue weighted by Crippen LogP contribution is -2.43. The number of hydrogen-bond acceptors (Lipinski definition) is 4. The number of nitrogens with zero attached hydrogens (tertiary/aromatic N) is 1. The molecule has 32 heavy (non-hydrogen) atoms. The third-order valence-electron chi connectivity index (χ3n) is 6.10. The Labute approximate surface area is 199 Å². The Morgan fingerprint density at radius 2 is 1.84 bits per heavy atom. The number of rotatable bonds is 5. The van der Waals surface area contributed by atoms with Gasteiger partial charge in [-0.25, -0.2) is 0 Å². The van der Waals surface area contributed by atoms with Crippen molar-refractivity contribution in [2.75, 3.05) is 32.8 Å². The first-order valence-corrected chi connectivity index (χ1v) is 12.3. The van der Waals surface area contributed by atoms with Gasteiger partial charge in [0.1, 0.15) is 4.88 Å². The molecule has 0 unspecified atom stereocenters. The van der Waals surface area contributed by atoms with E-state index < -0.39 is 0 Å². The first-order chi connectivity index (χ1) is 15.2. The summed E-state index contributed by atoms with van der Waals surface area (Å²) in [5, 5.41) is 4.64. The van der Waals surface area contributed by atoms with E-state index in [1.165, 1.54) is 22.5 Å². The number of ether oxygens (including phenoxy) is 1. The molecule has 1 atom stereocenters. The number of amides is 1. The van der Waals surface area contributed by atoms with Crippen LogP contribution in [-0.2, 0) is 10.2 Å². The molecule has 1 aromatic heterocycles. The highest BCUT2D eigenvalue weighted by Gasteiger charge is 2.25. The zero-order valence-corrected chi connectivity index (χ0v) is 20.8. The maximum Gasteiger partial charge on any atom is 0.262 e. The van der Waals surface area contributed by atoms with Crippen molar-refractivity contribution < 1.29 is 9.53 Å². The van der Waals surface area contributed by atoms with E-state index in [1.54, 1.807) is 0 Å². The Kier molecular flexibility index (Phi) is 6.91. The van der Waals surface area contributed by atoms with E-state index in [9.17, 15) is 4.79 Å². The van der Waals surface area contributed by atoms with Gasteiger partial charge in [0.25, 0.3) is 5.91 Å². The van der Waals surface area contributed by atoms with Crippen LogP contribution < -0.4 is 5.32 Å². The van der Waals surface area contributed by atoms with Crippen LogP contribution in [0.5, 0.6) is 0 Å². The van der Waals surface area contributed by atoms with Crippen molar-refractivity contribution in [3.05, 3.63) is 69.1 Å². The van der Waals surface area contributed by atoms with Gasteiger partial charge in [0.2, 0.25) is 0 Å². The van der Waals surface area contributed by atoms with E-state index in [2.05, 4.69) is 61.3 Å². The van der Waals surface area contributed by atoms with Gasteiger partial charge in [0.05, 0.1) is 24.3 Å². The van der Waals surface area contributed by atoms with Gasteiger partial charge in [-0.3, -0.25) is 9.69 Å². The van der Waals surface area contributed by atoms with Crippen LogP contribution in [0.2, 0.25) is 5.02 Å². The molecule has 1 saturated heterocycles. The molecule has 1 amide bonds. The van der Waals surface area contributed by atoms with Crippen molar-refractivity contribution in [3.63, 3.8) is 0 Å². The number of benzene rings is 2. The number of hydrogen-bond donors (Lipinski definition) is 1. The zero-order valence-electron chi connectivity index (χ0n) is 19.2. The van der Waals surface area contributed by atoms with Gasteiger partial charge in [-0.1, -0.05) is 68.8 Å². The van der Waals surface area contributed by atoms with Gasteiger partial charge in [0.15, 0.2) is 0 Å². The molecule has 0 radical (unpaired) electrons. The lowest BCUT2D eigenvalue weighted by Gasteiger charge is -2.35. The quantitative estimate of drug-likeness (QED) is 0.500. The zero-order chi connectivity index (χ0) is 22.9. The van der Waals surface area contributed by atoms with E-state index in [1.807, 2.05) is 19.1 Å². The lowest BCUT2D eigenvalue weighted by atomic mass is 9.86. The Hall–Kier alpha value is -1.92. The minimum absolute atomic E-state index is 0.0901. The van der Waals surface area contributed by atoms with E-state index in [4.69, 9.17) is 16.3 Å². The first-order valence-electron chi connectivity index (χ1n) is 11.1. The second-order valence-corrected chi connectivity index (χ2v) is 10.9. The van der Waals surface area contributed by atoms with E-state index in [0.717, 1.165) is 28.7 Å². The molecule has 4 rings (SSSR count). The van der Waals surface area contributed by atoms with Gasteiger partial charge in [-0.05, 0) is 35.1 Å². The molecule has 170 valence electrons. The summed E-state index contributed by atoms with van der Waals surface area (Å²) < 4.78 is 6.60. The minimum atomic E-state index is -0.113. The average molecular weight is 471 g/mol. The first kappa shape index (κ1) is 23.2. The summed E-state index contributed by atoms with van der Waals surface area (Å²) >= 11 is 8.02. The molecule has 0 bridgehead atoms. The van der Waals surface area contributed by atoms with Crippen molar-refractivity contribution in [3.8, 4) is 0 Å². The highest BCUT2D eigenvalue weighted by molar-refractivity contribution is 7.21. The van der Waals surface area contributed by atoms with Crippen molar-refractivity contribution in [1.82, 2.24) is 10.2 Å². The Bertz CT molecular complexity index is 1100. The summed E-state index contributed by atoms with van der Waals surface area (Å²) in [5.41, 5.74) is 3.78. The summed E-state index contributed by atoms with van der Waals surface area (Å²) in [5.74, 6) is -0.113.